The van der Waals surface area contributed by atoms with E-state index in [2.05, 4.69) is 17.2 Å². The average Bonchev–Trinajstić information content (AvgIpc) is 2.71. The lowest BCUT2D eigenvalue weighted by molar-refractivity contribution is -0.128. The van der Waals surface area contributed by atoms with Gasteiger partial charge < -0.3 is 16.0 Å². The second-order valence-electron chi connectivity index (χ2n) is 5.21. The van der Waals surface area contributed by atoms with E-state index in [0.717, 1.165) is 42.7 Å². The average molecular weight is 269 g/mol. The standard InChI is InChI=1S/C12H19N3O2S/c1-8-3-2-4-12(13,5-8)10(16)14-6-9-7-18-11(17)15-9/h7-8H,2-6,13H2,1H3,(H,14,16)(H,15,17). The Bertz CT molecular complexity index is 482. The van der Waals surface area contributed by atoms with E-state index >= 15 is 0 Å². The van der Waals surface area contributed by atoms with Gasteiger partial charge in [0, 0.05) is 11.1 Å². The normalized spacial score (nSPS) is 28.0. The van der Waals surface area contributed by atoms with Crippen LogP contribution in [0.5, 0.6) is 0 Å². The molecule has 0 radical (unpaired) electrons. The van der Waals surface area contributed by atoms with Crippen molar-refractivity contribution in [2.45, 2.75) is 44.7 Å². The molecule has 1 fully saturated rings. The molecule has 1 amide bonds. The van der Waals surface area contributed by atoms with Gasteiger partial charge >= 0.3 is 4.87 Å². The van der Waals surface area contributed by atoms with Crippen molar-refractivity contribution < 1.29 is 4.79 Å². The van der Waals surface area contributed by atoms with Gasteiger partial charge in [0.05, 0.1) is 12.1 Å². The summed E-state index contributed by atoms with van der Waals surface area (Å²) in [6.07, 6.45) is 3.62. The highest BCUT2D eigenvalue weighted by Gasteiger charge is 2.37. The maximum atomic E-state index is 12.1. The van der Waals surface area contributed by atoms with Crippen molar-refractivity contribution in [2.75, 3.05) is 0 Å². The molecular formula is C12H19N3O2S. The Balaban J connectivity index is 1.92. The van der Waals surface area contributed by atoms with Gasteiger partial charge in [-0.05, 0) is 18.8 Å². The first-order valence-corrected chi connectivity index (χ1v) is 7.11. The first kappa shape index (κ1) is 13.3. The third kappa shape index (κ3) is 3.00. The molecule has 2 rings (SSSR count). The predicted molar refractivity (Wildman–Crippen MR) is 71.3 cm³/mol. The highest BCUT2D eigenvalue weighted by atomic mass is 32.1. The molecule has 2 atom stereocenters. The van der Waals surface area contributed by atoms with Crippen LogP contribution in [0.2, 0.25) is 0 Å². The number of aromatic amines is 1. The van der Waals surface area contributed by atoms with Gasteiger partial charge in [-0.25, -0.2) is 0 Å². The number of nitrogens with one attached hydrogen (secondary N) is 2. The van der Waals surface area contributed by atoms with Gasteiger partial charge in [-0.3, -0.25) is 9.59 Å². The summed E-state index contributed by atoms with van der Waals surface area (Å²) in [6.45, 7) is 2.47. The minimum atomic E-state index is -0.742. The number of carbonyl (C=O) groups excluding carboxylic acids is 1. The molecule has 0 aliphatic heterocycles. The highest BCUT2D eigenvalue weighted by molar-refractivity contribution is 7.07. The minimum absolute atomic E-state index is 0.104. The third-order valence-electron chi connectivity index (χ3n) is 3.49. The van der Waals surface area contributed by atoms with E-state index in [-0.39, 0.29) is 10.8 Å². The highest BCUT2D eigenvalue weighted by Crippen LogP contribution is 2.30. The number of nitrogens with two attached hydrogens (primary N) is 1. The van der Waals surface area contributed by atoms with E-state index in [1.807, 2.05) is 0 Å². The van der Waals surface area contributed by atoms with Gasteiger partial charge in [0.25, 0.3) is 0 Å². The molecule has 6 heteroatoms. The molecule has 0 saturated heterocycles. The summed E-state index contributed by atoms with van der Waals surface area (Å²) in [5, 5.41) is 4.53. The van der Waals surface area contributed by atoms with Crippen LogP contribution in [-0.4, -0.2) is 16.4 Å². The summed E-state index contributed by atoms with van der Waals surface area (Å²) >= 11 is 1.10. The Hall–Kier alpha value is -1.14. The molecule has 0 spiro atoms. The van der Waals surface area contributed by atoms with E-state index in [4.69, 9.17) is 5.73 Å². The maximum Gasteiger partial charge on any atom is 0.304 e. The summed E-state index contributed by atoms with van der Waals surface area (Å²) < 4.78 is 0. The van der Waals surface area contributed by atoms with E-state index in [1.165, 1.54) is 0 Å². The summed E-state index contributed by atoms with van der Waals surface area (Å²) in [4.78, 5) is 25.6. The fraction of sp³-hybridized carbons (Fsp3) is 0.667. The van der Waals surface area contributed by atoms with E-state index < -0.39 is 5.54 Å². The van der Waals surface area contributed by atoms with Crippen molar-refractivity contribution in [3.63, 3.8) is 0 Å². The molecule has 4 N–H and O–H groups in total. The lowest BCUT2D eigenvalue weighted by Gasteiger charge is -2.35. The van der Waals surface area contributed by atoms with Crippen molar-refractivity contribution in [2.24, 2.45) is 11.7 Å². The van der Waals surface area contributed by atoms with Crippen LogP contribution in [0.25, 0.3) is 0 Å². The Morgan fingerprint density at radius 1 is 1.72 bits per heavy atom. The zero-order valence-corrected chi connectivity index (χ0v) is 11.3. The van der Waals surface area contributed by atoms with Crippen molar-refractivity contribution in [1.82, 2.24) is 10.3 Å². The van der Waals surface area contributed by atoms with Crippen LogP contribution in [-0.2, 0) is 11.3 Å². The SMILES string of the molecule is CC1CCCC(N)(C(=O)NCc2csc(=O)[nH]2)C1. The molecule has 1 aromatic rings. The first-order valence-electron chi connectivity index (χ1n) is 6.23. The molecule has 1 aliphatic carbocycles. The van der Waals surface area contributed by atoms with Gasteiger partial charge in [0.1, 0.15) is 0 Å². The van der Waals surface area contributed by atoms with Gasteiger partial charge in [0.2, 0.25) is 5.91 Å². The summed E-state index contributed by atoms with van der Waals surface area (Å²) in [5.74, 6) is 0.386. The van der Waals surface area contributed by atoms with Crippen LogP contribution in [0.4, 0.5) is 0 Å². The Morgan fingerprint density at radius 3 is 3.11 bits per heavy atom. The van der Waals surface area contributed by atoms with Crippen molar-refractivity contribution >= 4 is 17.2 Å². The summed E-state index contributed by atoms with van der Waals surface area (Å²) in [6, 6.07) is 0. The first-order chi connectivity index (χ1) is 8.49. The number of hydrogen-bond acceptors (Lipinski definition) is 4. The molecule has 1 heterocycles. The molecule has 1 saturated carbocycles. The van der Waals surface area contributed by atoms with Crippen LogP contribution in [0, 0.1) is 5.92 Å². The smallest absolute Gasteiger partial charge is 0.304 e. The number of aromatic nitrogens is 1. The predicted octanol–water partition coefficient (Wildman–Crippen LogP) is 0.960. The molecule has 1 aliphatic rings. The molecule has 100 valence electrons. The lowest BCUT2D eigenvalue weighted by Crippen LogP contribution is -2.56. The van der Waals surface area contributed by atoms with Crippen molar-refractivity contribution in [1.29, 1.82) is 0 Å². The summed E-state index contributed by atoms with van der Waals surface area (Å²) in [5.41, 5.74) is 6.17. The third-order valence-corrected chi connectivity index (χ3v) is 4.21. The maximum absolute atomic E-state index is 12.1. The molecule has 5 nitrogen and oxygen atoms in total. The van der Waals surface area contributed by atoms with Gasteiger partial charge in [-0.15, -0.1) is 0 Å². The van der Waals surface area contributed by atoms with Gasteiger partial charge in [0.15, 0.2) is 0 Å². The van der Waals surface area contributed by atoms with Crippen molar-refractivity contribution in [3.8, 4) is 0 Å². The second kappa shape index (κ2) is 5.24. The largest absolute Gasteiger partial charge is 0.349 e. The fourth-order valence-corrected chi connectivity index (χ4v) is 3.13. The molecule has 0 aromatic carbocycles. The van der Waals surface area contributed by atoms with Gasteiger partial charge in [-0.1, -0.05) is 31.1 Å². The van der Waals surface area contributed by atoms with Crippen LogP contribution >= 0.6 is 11.3 Å². The van der Waals surface area contributed by atoms with Crippen molar-refractivity contribution in [3.05, 3.63) is 20.7 Å². The topological polar surface area (TPSA) is 88.0 Å². The number of thiazole rings is 1. The van der Waals surface area contributed by atoms with E-state index in [1.54, 1.807) is 5.38 Å². The second-order valence-corrected chi connectivity index (χ2v) is 6.06. The molecule has 0 bridgehead atoms. The molecule has 1 aromatic heterocycles. The van der Waals surface area contributed by atoms with E-state index in [9.17, 15) is 9.59 Å². The number of carbonyl (C=O) groups is 1. The van der Waals surface area contributed by atoms with Crippen LogP contribution in [0.3, 0.4) is 0 Å². The van der Waals surface area contributed by atoms with Gasteiger partial charge in [-0.2, -0.15) is 0 Å². The Labute approximate surface area is 110 Å². The monoisotopic (exact) mass is 269 g/mol. The van der Waals surface area contributed by atoms with E-state index in [0.29, 0.717) is 12.5 Å². The molecular weight excluding hydrogens is 250 g/mol. The summed E-state index contributed by atoms with van der Waals surface area (Å²) in [7, 11) is 0. The number of hydrogen-bond donors (Lipinski definition) is 3. The minimum Gasteiger partial charge on any atom is -0.349 e. The number of H-pyrrole nitrogens is 1. The molecule has 2 unspecified atom stereocenters. The zero-order valence-electron chi connectivity index (χ0n) is 10.5. The van der Waals surface area contributed by atoms with Crippen LogP contribution < -0.4 is 15.9 Å². The van der Waals surface area contributed by atoms with Crippen LogP contribution in [0.1, 0.15) is 38.3 Å². The fourth-order valence-electron chi connectivity index (χ4n) is 2.55. The lowest BCUT2D eigenvalue weighted by atomic mass is 9.76. The Kier molecular flexibility index (Phi) is 3.87. The zero-order chi connectivity index (χ0) is 13.2. The Morgan fingerprint density at radius 2 is 2.50 bits per heavy atom. The number of amides is 1. The quantitative estimate of drug-likeness (QED) is 0.763. The van der Waals surface area contributed by atoms with Crippen LogP contribution in [0.15, 0.2) is 10.2 Å². The number of rotatable bonds is 3. The molecule has 18 heavy (non-hydrogen) atoms.